The van der Waals surface area contributed by atoms with E-state index in [4.69, 9.17) is 24.4 Å². The maximum Gasteiger partial charge on any atom is 0.126 e. The van der Waals surface area contributed by atoms with E-state index in [1.54, 1.807) is 0 Å². The topological polar surface area (TPSA) is 48.8 Å². The largest absolute Gasteiger partial charge is 0.267 e. The van der Waals surface area contributed by atoms with Crippen LogP contribution in [0.1, 0.15) is 51.2 Å². The molecule has 0 aromatic heterocycles. The smallest absolute Gasteiger partial charge is 0.126 e. The summed E-state index contributed by atoms with van der Waals surface area (Å²) >= 11 is 10.9. The summed E-state index contributed by atoms with van der Waals surface area (Å²) in [7, 11) is 0. The van der Waals surface area contributed by atoms with E-state index in [0.29, 0.717) is 9.98 Å². The Morgan fingerprint density at radius 1 is 0.793 bits per heavy atom. The summed E-state index contributed by atoms with van der Waals surface area (Å²) in [5.74, 6) is 0.118. The highest BCUT2D eigenvalue weighted by molar-refractivity contribution is 7.81. The van der Waals surface area contributed by atoms with Crippen LogP contribution in [-0.4, -0.2) is 21.4 Å². The Morgan fingerprint density at radius 2 is 1.21 bits per heavy atom. The molecule has 0 fully saturated rings. The van der Waals surface area contributed by atoms with Gasteiger partial charge in [-0.2, -0.15) is 10.2 Å². The van der Waals surface area contributed by atoms with Gasteiger partial charge in [0.25, 0.3) is 0 Å². The minimum atomic E-state index is 0.118. The quantitative estimate of drug-likeness (QED) is 0.318. The minimum absolute atomic E-state index is 0.118. The van der Waals surface area contributed by atoms with Gasteiger partial charge in [0.2, 0.25) is 0 Å². The number of rotatable bonds is 9. The number of hydrogen-bond donors (Lipinski definition) is 2. The Bertz CT molecular complexity index is 791. The molecule has 152 valence electrons. The third kappa shape index (κ3) is 7.48. The van der Waals surface area contributed by atoms with Gasteiger partial charge >= 0.3 is 0 Å². The Labute approximate surface area is 184 Å². The molecule has 0 aliphatic carbocycles. The van der Waals surface area contributed by atoms with Crippen LogP contribution in [0, 0.1) is 5.92 Å². The summed E-state index contributed by atoms with van der Waals surface area (Å²) in [6, 6.07) is 19.6. The zero-order chi connectivity index (χ0) is 21.1. The first-order chi connectivity index (χ1) is 14.0. The standard InChI is InChI=1S/C23H28N4S2/c1-4-5-16-21(17(2)24-26-22(28)19-12-8-6-9-13-19)18(3)25-27-23(29)20-14-10-7-11-15-20/h6-15,21H,4-5,16H2,1-3H3,(H,26,28)(H,27,29)/b24-17+,25-18+. The summed E-state index contributed by atoms with van der Waals surface area (Å²) < 4.78 is 0. The molecule has 0 saturated carbocycles. The van der Waals surface area contributed by atoms with Crippen LogP contribution in [0.15, 0.2) is 70.9 Å². The van der Waals surface area contributed by atoms with Crippen LogP contribution in [0.5, 0.6) is 0 Å². The van der Waals surface area contributed by atoms with Gasteiger partial charge in [0.15, 0.2) is 0 Å². The number of nitrogens with zero attached hydrogens (tertiary/aromatic N) is 2. The molecule has 2 aromatic carbocycles. The van der Waals surface area contributed by atoms with Crippen molar-refractivity contribution in [2.75, 3.05) is 0 Å². The molecule has 0 aliphatic rings. The molecule has 6 heteroatoms. The second-order valence-electron chi connectivity index (χ2n) is 6.82. The Morgan fingerprint density at radius 3 is 1.59 bits per heavy atom. The second-order valence-corrected chi connectivity index (χ2v) is 7.63. The molecule has 0 aliphatic heterocycles. The van der Waals surface area contributed by atoms with Gasteiger partial charge in [0.1, 0.15) is 9.98 Å². The van der Waals surface area contributed by atoms with E-state index in [9.17, 15) is 0 Å². The normalized spacial score (nSPS) is 12.0. The van der Waals surface area contributed by atoms with Crippen molar-refractivity contribution in [1.82, 2.24) is 10.9 Å². The molecule has 2 N–H and O–H groups in total. The SMILES string of the molecule is CCCCC(/C(C)=N/NC(=S)c1ccccc1)/C(C)=N/NC(=S)c1ccccc1. The molecule has 0 bridgehead atoms. The third-order valence-electron chi connectivity index (χ3n) is 4.59. The fraction of sp³-hybridized carbons (Fsp3) is 0.304. The molecule has 0 amide bonds. The van der Waals surface area contributed by atoms with E-state index in [1.807, 2.05) is 74.5 Å². The summed E-state index contributed by atoms with van der Waals surface area (Å²) in [6.45, 7) is 6.20. The fourth-order valence-corrected chi connectivity index (χ4v) is 3.23. The Hall–Kier alpha value is -2.44. The fourth-order valence-electron chi connectivity index (χ4n) is 2.87. The molecule has 29 heavy (non-hydrogen) atoms. The van der Waals surface area contributed by atoms with E-state index in [0.717, 1.165) is 41.8 Å². The van der Waals surface area contributed by atoms with Crippen molar-refractivity contribution in [3.63, 3.8) is 0 Å². The van der Waals surface area contributed by atoms with Gasteiger partial charge in [-0.3, -0.25) is 10.9 Å². The first kappa shape index (κ1) is 22.8. The maximum absolute atomic E-state index is 5.44. The van der Waals surface area contributed by atoms with E-state index < -0.39 is 0 Å². The van der Waals surface area contributed by atoms with Crippen LogP contribution in [0.4, 0.5) is 0 Å². The van der Waals surface area contributed by atoms with Gasteiger partial charge < -0.3 is 0 Å². The van der Waals surface area contributed by atoms with Crippen LogP contribution in [0.3, 0.4) is 0 Å². The number of nitrogens with one attached hydrogen (secondary N) is 2. The van der Waals surface area contributed by atoms with Gasteiger partial charge in [-0.1, -0.05) is 105 Å². The zero-order valence-corrected chi connectivity index (χ0v) is 18.8. The van der Waals surface area contributed by atoms with E-state index in [-0.39, 0.29) is 5.92 Å². The van der Waals surface area contributed by atoms with Crippen molar-refractivity contribution in [2.24, 2.45) is 16.1 Å². The first-order valence-electron chi connectivity index (χ1n) is 9.82. The lowest BCUT2D eigenvalue weighted by molar-refractivity contribution is 0.676. The lowest BCUT2D eigenvalue weighted by Crippen LogP contribution is -2.27. The molecular weight excluding hydrogens is 396 g/mol. The van der Waals surface area contributed by atoms with Gasteiger partial charge in [-0.05, 0) is 20.3 Å². The molecule has 2 rings (SSSR count). The molecule has 0 radical (unpaired) electrons. The van der Waals surface area contributed by atoms with E-state index >= 15 is 0 Å². The lowest BCUT2D eigenvalue weighted by Gasteiger charge is -2.17. The Balaban J connectivity index is 2.07. The van der Waals surface area contributed by atoms with E-state index in [2.05, 4.69) is 28.0 Å². The van der Waals surface area contributed by atoms with Crippen LogP contribution in [0.25, 0.3) is 0 Å². The van der Waals surface area contributed by atoms with Gasteiger partial charge in [0, 0.05) is 28.5 Å². The van der Waals surface area contributed by atoms with Gasteiger partial charge in [-0.15, -0.1) is 0 Å². The molecule has 0 spiro atoms. The Kier molecular flexibility index (Phi) is 9.60. The molecular formula is C23H28N4S2. The van der Waals surface area contributed by atoms with Crippen molar-refractivity contribution in [1.29, 1.82) is 0 Å². The summed E-state index contributed by atoms with van der Waals surface area (Å²) in [6.07, 6.45) is 3.18. The number of thiocarbonyl (C=S) groups is 2. The molecule has 4 nitrogen and oxygen atoms in total. The molecule has 2 aromatic rings. The zero-order valence-electron chi connectivity index (χ0n) is 17.2. The lowest BCUT2D eigenvalue weighted by atomic mass is 9.93. The first-order valence-corrected chi connectivity index (χ1v) is 10.6. The maximum atomic E-state index is 5.44. The van der Waals surface area contributed by atoms with Gasteiger partial charge in [0.05, 0.1) is 0 Å². The van der Waals surface area contributed by atoms with Crippen LogP contribution >= 0.6 is 24.4 Å². The van der Waals surface area contributed by atoms with Crippen molar-refractivity contribution < 1.29 is 0 Å². The number of hydrazone groups is 2. The van der Waals surface area contributed by atoms with Crippen molar-refractivity contribution in [3.05, 3.63) is 71.8 Å². The monoisotopic (exact) mass is 424 g/mol. The summed E-state index contributed by atoms with van der Waals surface area (Å²) in [4.78, 5) is 1.22. The van der Waals surface area contributed by atoms with Crippen LogP contribution in [-0.2, 0) is 0 Å². The van der Waals surface area contributed by atoms with Crippen molar-refractivity contribution in [3.8, 4) is 0 Å². The highest BCUT2D eigenvalue weighted by Gasteiger charge is 2.16. The van der Waals surface area contributed by atoms with Crippen LogP contribution in [0.2, 0.25) is 0 Å². The van der Waals surface area contributed by atoms with E-state index in [1.165, 1.54) is 0 Å². The minimum Gasteiger partial charge on any atom is -0.267 e. The molecule has 0 unspecified atom stereocenters. The van der Waals surface area contributed by atoms with Crippen molar-refractivity contribution in [2.45, 2.75) is 40.0 Å². The third-order valence-corrected chi connectivity index (χ3v) is 5.25. The highest BCUT2D eigenvalue weighted by atomic mass is 32.1. The molecule has 0 atom stereocenters. The predicted molar refractivity (Wildman–Crippen MR) is 132 cm³/mol. The average molecular weight is 425 g/mol. The summed E-state index contributed by atoms with van der Waals surface area (Å²) in [5.41, 5.74) is 9.83. The molecule has 0 saturated heterocycles. The number of benzene rings is 2. The predicted octanol–water partition coefficient (Wildman–Crippen LogP) is 5.48. The molecule has 0 heterocycles. The van der Waals surface area contributed by atoms with Gasteiger partial charge in [-0.25, -0.2) is 0 Å². The van der Waals surface area contributed by atoms with Crippen molar-refractivity contribution >= 4 is 45.8 Å². The summed E-state index contributed by atoms with van der Waals surface area (Å²) in [5, 5.41) is 9.09. The highest BCUT2D eigenvalue weighted by Crippen LogP contribution is 2.13. The van der Waals surface area contributed by atoms with Crippen LogP contribution < -0.4 is 10.9 Å². The second kappa shape index (κ2) is 12.2. The number of unbranched alkanes of at least 4 members (excludes halogenated alkanes) is 1. The number of hydrogen-bond acceptors (Lipinski definition) is 4. The average Bonchev–Trinajstić information content (AvgIpc) is 2.77.